The normalized spacial score (nSPS) is 12.5. The molecule has 0 rings (SSSR count). The monoisotopic (exact) mass is 370 g/mol. The molecule has 7 N–H and O–H groups in total. The van der Waals surface area contributed by atoms with Gasteiger partial charge in [-0.25, -0.2) is 0 Å². The van der Waals surface area contributed by atoms with Crippen LogP contribution in [0, 0.1) is 0 Å². The van der Waals surface area contributed by atoms with E-state index in [-0.39, 0.29) is 5.78 Å². The van der Waals surface area contributed by atoms with Crippen LogP contribution in [0.4, 0.5) is 0 Å². The fourth-order valence-electron chi connectivity index (χ4n) is 2.40. The molecule has 26 heavy (non-hydrogen) atoms. The minimum Gasteiger partial charge on any atom is -0.370 e. The summed E-state index contributed by atoms with van der Waals surface area (Å²) >= 11 is 0. The Bertz CT molecular complexity index is 425. The van der Waals surface area contributed by atoms with E-state index >= 15 is 0 Å². The Balaban J connectivity index is 3.72. The van der Waals surface area contributed by atoms with Crippen LogP contribution in [0.3, 0.4) is 0 Å². The van der Waals surface area contributed by atoms with E-state index in [2.05, 4.69) is 30.8 Å². The van der Waals surface area contributed by atoms with E-state index in [1.165, 1.54) is 0 Å². The average Bonchev–Trinajstić information content (AvgIpc) is 2.62. The second-order valence-corrected chi connectivity index (χ2v) is 6.21. The Kier molecular flexibility index (Phi) is 15.4. The third-order valence-corrected chi connectivity index (χ3v) is 3.80. The first-order chi connectivity index (χ1) is 12.5. The number of guanidine groups is 2. The molecule has 0 heterocycles. The molecule has 0 radical (unpaired) electrons. The number of Topliss-reactive ketones (excluding diaryl/α,β-unsaturated/α-hetero) is 1. The number of nitrogens with zero attached hydrogens (tertiary/aromatic N) is 3. The van der Waals surface area contributed by atoms with E-state index < -0.39 is 0 Å². The van der Waals surface area contributed by atoms with Gasteiger partial charge in [-0.2, -0.15) is 0 Å². The minimum absolute atomic E-state index is 0.202. The molecule has 0 aromatic heterocycles. The molecule has 9 heteroatoms. The maximum Gasteiger partial charge on any atom is 0.188 e. The third kappa shape index (κ3) is 15.6. The van der Waals surface area contributed by atoms with E-state index in [9.17, 15) is 4.79 Å². The smallest absolute Gasteiger partial charge is 0.188 e. The number of unbranched alkanes of at least 4 members (excludes halogenated alkanes) is 1. The molecule has 0 saturated carbocycles. The summed E-state index contributed by atoms with van der Waals surface area (Å²) in [5.41, 5.74) is 11.2. The van der Waals surface area contributed by atoms with E-state index in [0.717, 1.165) is 65.0 Å². The molecule has 0 amide bonds. The summed E-state index contributed by atoms with van der Waals surface area (Å²) in [6.07, 6.45) is 4.09. The summed E-state index contributed by atoms with van der Waals surface area (Å²) in [6.45, 7) is 7.48. The van der Waals surface area contributed by atoms with Crippen LogP contribution in [-0.4, -0.2) is 82.5 Å². The van der Waals surface area contributed by atoms with Crippen molar-refractivity contribution in [1.29, 1.82) is 0 Å². The van der Waals surface area contributed by atoms with Crippen LogP contribution >= 0.6 is 0 Å². The van der Waals surface area contributed by atoms with Gasteiger partial charge >= 0.3 is 0 Å². The van der Waals surface area contributed by atoms with Crippen molar-refractivity contribution in [1.82, 2.24) is 20.9 Å². The second-order valence-electron chi connectivity index (χ2n) is 6.21. The van der Waals surface area contributed by atoms with Gasteiger partial charge in [0.15, 0.2) is 11.9 Å². The highest BCUT2D eigenvalue weighted by atomic mass is 16.1. The maximum absolute atomic E-state index is 11.4. The van der Waals surface area contributed by atoms with Gasteiger partial charge in [0.1, 0.15) is 5.78 Å². The molecule has 0 fully saturated rings. The van der Waals surface area contributed by atoms with Gasteiger partial charge in [-0.1, -0.05) is 0 Å². The van der Waals surface area contributed by atoms with Crippen molar-refractivity contribution in [3.05, 3.63) is 0 Å². The number of rotatable bonds is 15. The van der Waals surface area contributed by atoms with Crippen molar-refractivity contribution in [2.45, 2.75) is 32.6 Å². The zero-order valence-electron chi connectivity index (χ0n) is 16.7. The predicted octanol–water partition coefficient (Wildman–Crippen LogP) is -0.904. The van der Waals surface area contributed by atoms with E-state index in [4.69, 9.17) is 11.5 Å². The lowest BCUT2D eigenvalue weighted by Gasteiger charge is -2.21. The summed E-state index contributed by atoms with van der Waals surface area (Å²) in [6, 6.07) is 0. The highest BCUT2D eigenvalue weighted by molar-refractivity contribution is 5.78. The molecule has 0 bridgehead atoms. The van der Waals surface area contributed by atoms with Gasteiger partial charge < -0.3 is 27.4 Å². The maximum atomic E-state index is 11.4. The number of nitrogens with two attached hydrogens (primary N) is 2. The molecule has 0 aliphatic heterocycles. The second kappa shape index (κ2) is 16.6. The van der Waals surface area contributed by atoms with E-state index in [1.54, 1.807) is 21.0 Å². The summed E-state index contributed by atoms with van der Waals surface area (Å²) in [5, 5.41) is 9.49. The van der Waals surface area contributed by atoms with Crippen LogP contribution in [0.5, 0.6) is 0 Å². The van der Waals surface area contributed by atoms with Gasteiger partial charge in [-0.15, -0.1) is 0 Å². The Labute approximate surface area is 158 Å². The number of ketones is 1. The SMILES string of the molecule is CN=C(N)NCCCNCCCCN(CCCNC(N)=NC)CC(C)=O. The molecule has 0 spiro atoms. The Morgan fingerprint density at radius 2 is 1.38 bits per heavy atom. The van der Waals surface area contributed by atoms with E-state index in [1.807, 2.05) is 0 Å². The standard InChI is InChI=1S/C17H38N8O/c1-15(26)14-25(13-7-11-24-17(19)21-3)12-5-4-8-22-9-6-10-23-16(18)20-2/h22H,4-14H2,1-3H3,(H3,18,20,23)(H3,19,21,24). The van der Waals surface area contributed by atoms with Gasteiger partial charge in [0.05, 0.1) is 6.54 Å². The largest absolute Gasteiger partial charge is 0.370 e. The first kappa shape index (κ1) is 24.1. The molecule has 0 atom stereocenters. The van der Waals surface area contributed by atoms with Crippen molar-refractivity contribution < 1.29 is 4.79 Å². The van der Waals surface area contributed by atoms with Crippen molar-refractivity contribution in [2.75, 3.05) is 59.9 Å². The number of carbonyl (C=O) groups is 1. The molecule has 0 aliphatic rings. The minimum atomic E-state index is 0.202. The summed E-state index contributed by atoms with van der Waals surface area (Å²) in [4.78, 5) is 21.3. The van der Waals surface area contributed by atoms with Crippen LogP contribution < -0.4 is 27.4 Å². The van der Waals surface area contributed by atoms with Gasteiger partial charge in [-0.3, -0.25) is 19.7 Å². The molecular formula is C17H38N8O. The van der Waals surface area contributed by atoms with Crippen LogP contribution in [0.15, 0.2) is 9.98 Å². The van der Waals surface area contributed by atoms with Crippen LogP contribution in [0.1, 0.15) is 32.6 Å². The zero-order valence-corrected chi connectivity index (χ0v) is 16.7. The number of carbonyl (C=O) groups excluding carboxylic acids is 1. The van der Waals surface area contributed by atoms with Gasteiger partial charge in [-0.05, 0) is 52.2 Å². The number of hydrogen-bond acceptors (Lipinski definition) is 5. The van der Waals surface area contributed by atoms with Crippen LogP contribution in [-0.2, 0) is 4.79 Å². The highest BCUT2D eigenvalue weighted by Gasteiger charge is 2.07. The van der Waals surface area contributed by atoms with Gasteiger partial charge in [0, 0.05) is 33.7 Å². The first-order valence-electron chi connectivity index (χ1n) is 9.34. The molecule has 0 aromatic carbocycles. The third-order valence-electron chi connectivity index (χ3n) is 3.80. The van der Waals surface area contributed by atoms with Gasteiger partial charge in [0.2, 0.25) is 0 Å². The molecule has 0 aromatic rings. The number of aliphatic imine (C=N–C) groups is 2. The molecule has 152 valence electrons. The van der Waals surface area contributed by atoms with Gasteiger partial charge in [0.25, 0.3) is 0 Å². The van der Waals surface area contributed by atoms with Crippen molar-refractivity contribution in [3.8, 4) is 0 Å². The number of nitrogens with one attached hydrogen (secondary N) is 3. The van der Waals surface area contributed by atoms with Crippen molar-refractivity contribution >= 4 is 17.7 Å². The molecule has 0 aliphatic carbocycles. The molecular weight excluding hydrogens is 332 g/mol. The summed E-state index contributed by atoms with van der Waals surface area (Å²) in [7, 11) is 3.32. The number of hydrogen-bond donors (Lipinski definition) is 5. The van der Waals surface area contributed by atoms with Crippen molar-refractivity contribution in [3.63, 3.8) is 0 Å². The Morgan fingerprint density at radius 3 is 1.96 bits per heavy atom. The lowest BCUT2D eigenvalue weighted by Crippen LogP contribution is -2.36. The quantitative estimate of drug-likeness (QED) is 0.143. The average molecular weight is 371 g/mol. The van der Waals surface area contributed by atoms with Crippen LogP contribution in [0.2, 0.25) is 0 Å². The predicted molar refractivity (Wildman–Crippen MR) is 110 cm³/mol. The highest BCUT2D eigenvalue weighted by Crippen LogP contribution is 1.97. The fraction of sp³-hybridized carbons (Fsp3) is 0.824. The summed E-state index contributed by atoms with van der Waals surface area (Å²) < 4.78 is 0. The Hall–Kier alpha value is -1.87. The lowest BCUT2D eigenvalue weighted by molar-refractivity contribution is -0.118. The molecule has 9 nitrogen and oxygen atoms in total. The molecule has 0 saturated heterocycles. The zero-order chi connectivity index (χ0) is 19.6. The first-order valence-corrected chi connectivity index (χ1v) is 9.34. The fourth-order valence-corrected chi connectivity index (χ4v) is 2.40. The Morgan fingerprint density at radius 1 is 0.846 bits per heavy atom. The lowest BCUT2D eigenvalue weighted by atomic mass is 10.2. The van der Waals surface area contributed by atoms with E-state index in [0.29, 0.717) is 18.5 Å². The summed E-state index contributed by atoms with van der Waals surface area (Å²) in [5.74, 6) is 1.14. The van der Waals surface area contributed by atoms with Crippen molar-refractivity contribution in [2.24, 2.45) is 21.5 Å². The topological polar surface area (TPSA) is 133 Å². The van der Waals surface area contributed by atoms with Crippen LogP contribution in [0.25, 0.3) is 0 Å². The molecule has 0 unspecified atom stereocenters.